The Morgan fingerprint density at radius 2 is 1.82 bits per heavy atom. The minimum absolute atomic E-state index is 0.0321. The van der Waals surface area contributed by atoms with Crippen LogP contribution < -0.4 is 0 Å². The zero-order valence-corrected chi connectivity index (χ0v) is 11.8. The third-order valence-electron chi connectivity index (χ3n) is 3.34. The SMILES string of the molecule is CC(C)(C)OC(=O)N1C(C)(C)CCC1(C)CO. The van der Waals surface area contributed by atoms with Gasteiger partial charge < -0.3 is 9.84 Å². The Morgan fingerprint density at radius 1 is 1.29 bits per heavy atom. The molecule has 17 heavy (non-hydrogen) atoms. The van der Waals surface area contributed by atoms with Gasteiger partial charge in [0, 0.05) is 5.54 Å². The van der Waals surface area contributed by atoms with Crippen LogP contribution in [0.25, 0.3) is 0 Å². The Bertz CT molecular complexity index is 306. The number of likely N-dealkylation sites (tertiary alicyclic amines) is 1. The van der Waals surface area contributed by atoms with Crippen LogP contribution in [0.5, 0.6) is 0 Å². The second-order valence-corrected chi connectivity index (χ2v) is 6.78. The topological polar surface area (TPSA) is 49.8 Å². The van der Waals surface area contributed by atoms with Gasteiger partial charge >= 0.3 is 6.09 Å². The minimum Gasteiger partial charge on any atom is -0.444 e. The molecule has 4 nitrogen and oxygen atoms in total. The number of aliphatic hydroxyl groups is 1. The summed E-state index contributed by atoms with van der Waals surface area (Å²) in [4.78, 5) is 13.9. The molecule has 1 heterocycles. The number of carbonyl (C=O) groups is 1. The van der Waals surface area contributed by atoms with Gasteiger partial charge in [-0.3, -0.25) is 4.90 Å². The molecule has 1 fully saturated rings. The van der Waals surface area contributed by atoms with Gasteiger partial charge in [-0.25, -0.2) is 4.79 Å². The summed E-state index contributed by atoms with van der Waals surface area (Å²) >= 11 is 0. The van der Waals surface area contributed by atoms with Crippen molar-refractivity contribution in [1.82, 2.24) is 4.90 Å². The Hall–Kier alpha value is -0.770. The average Bonchev–Trinajstić information content (AvgIpc) is 2.35. The number of hydrogen-bond acceptors (Lipinski definition) is 3. The van der Waals surface area contributed by atoms with Gasteiger partial charge in [0.15, 0.2) is 0 Å². The number of aliphatic hydroxyl groups excluding tert-OH is 1. The number of carbonyl (C=O) groups excluding carboxylic acids is 1. The van der Waals surface area contributed by atoms with Crippen molar-refractivity contribution in [3.8, 4) is 0 Å². The van der Waals surface area contributed by atoms with Crippen LogP contribution in [0.15, 0.2) is 0 Å². The standard InChI is InChI=1S/C13H25NO3/c1-11(2,3)17-10(16)14-12(4,5)7-8-13(14,6)9-15/h15H,7-9H2,1-6H3. The van der Waals surface area contributed by atoms with E-state index in [1.807, 2.05) is 41.5 Å². The molecule has 1 unspecified atom stereocenters. The largest absolute Gasteiger partial charge is 0.444 e. The van der Waals surface area contributed by atoms with Gasteiger partial charge in [-0.1, -0.05) is 0 Å². The molecule has 1 saturated heterocycles. The highest BCUT2D eigenvalue weighted by molar-refractivity contribution is 5.71. The molecule has 4 heteroatoms. The van der Waals surface area contributed by atoms with Crippen LogP contribution in [0.4, 0.5) is 4.79 Å². The lowest BCUT2D eigenvalue weighted by atomic mass is 10.0. The van der Waals surface area contributed by atoms with E-state index in [0.29, 0.717) is 0 Å². The van der Waals surface area contributed by atoms with E-state index in [-0.39, 0.29) is 18.2 Å². The van der Waals surface area contributed by atoms with E-state index in [4.69, 9.17) is 4.74 Å². The molecule has 1 rings (SSSR count). The molecule has 0 radical (unpaired) electrons. The molecule has 0 spiro atoms. The number of ether oxygens (including phenoxy) is 1. The lowest BCUT2D eigenvalue weighted by molar-refractivity contribution is -0.0241. The third-order valence-corrected chi connectivity index (χ3v) is 3.34. The average molecular weight is 243 g/mol. The summed E-state index contributed by atoms with van der Waals surface area (Å²) < 4.78 is 5.43. The molecule has 1 amide bonds. The molecular formula is C13H25NO3. The fourth-order valence-corrected chi connectivity index (χ4v) is 2.45. The molecule has 0 saturated carbocycles. The molecule has 1 aliphatic rings. The number of hydrogen-bond donors (Lipinski definition) is 1. The molecule has 100 valence electrons. The van der Waals surface area contributed by atoms with Crippen LogP contribution in [-0.4, -0.2) is 39.4 Å². The second kappa shape index (κ2) is 4.16. The third kappa shape index (κ3) is 2.92. The zero-order chi connectivity index (χ0) is 13.5. The maximum atomic E-state index is 12.2. The fraction of sp³-hybridized carbons (Fsp3) is 0.923. The zero-order valence-electron chi connectivity index (χ0n) is 11.8. The van der Waals surface area contributed by atoms with E-state index < -0.39 is 11.1 Å². The Kier molecular flexibility index (Phi) is 3.50. The Balaban J connectivity index is 2.95. The highest BCUT2D eigenvalue weighted by Crippen LogP contribution is 2.41. The molecule has 0 bridgehead atoms. The summed E-state index contributed by atoms with van der Waals surface area (Å²) in [6.45, 7) is 11.5. The van der Waals surface area contributed by atoms with Gasteiger partial charge in [0.05, 0.1) is 12.1 Å². The van der Waals surface area contributed by atoms with Gasteiger partial charge in [-0.15, -0.1) is 0 Å². The Morgan fingerprint density at radius 3 is 2.24 bits per heavy atom. The van der Waals surface area contributed by atoms with Crippen LogP contribution >= 0.6 is 0 Å². The van der Waals surface area contributed by atoms with Crippen LogP contribution in [0, 0.1) is 0 Å². The smallest absolute Gasteiger partial charge is 0.411 e. The van der Waals surface area contributed by atoms with Crippen LogP contribution in [0.1, 0.15) is 54.4 Å². The predicted molar refractivity (Wildman–Crippen MR) is 66.9 cm³/mol. The monoisotopic (exact) mass is 243 g/mol. The van der Waals surface area contributed by atoms with Crippen molar-refractivity contribution < 1.29 is 14.6 Å². The van der Waals surface area contributed by atoms with Crippen molar-refractivity contribution in [1.29, 1.82) is 0 Å². The van der Waals surface area contributed by atoms with Gasteiger partial charge in [-0.05, 0) is 54.4 Å². The number of rotatable bonds is 1. The van der Waals surface area contributed by atoms with E-state index in [1.54, 1.807) is 4.90 Å². The first-order chi connectivity index (χ1) is 7.52. The molecule has 0 aromatic heterocycles. The maximum absolute atomic E-state index is 12.2. The van der Waals surface area contributed by atoms with E-state index in [2.05, 4.69) is 0 Å². The van der Waals surface area contributed by atoms with Crippen molar-refractivity contribution in [2.45, 2.75) is 71.1 Å². The molecule has 1 atom stereocenters. The van der Waals surface area contributed by atoms with Crippen LogP contribution in [-0.2, 0) is 4.74 Å². The quantitative estimate of drug-likeness (QED) is 0.770. The first-order valence-corrected chi connectivity index (χ1v) is 6.16. The van der Waals surface area contributed by atoms with E-state index in [1.165, 1.54) is 0 Å². The number of nitrogens with zero attached hydrogens (tertiary/aromatic N) is 1. The van der Waals surface area contributed by atoms with Crippen molar-refractivity contribution >= 4 is 6.09 Å². The molecule has 0 aromatic rings. The first-order valence-electron chi connectivity index (χ1n) is 6.16. The minimum atomic E-state index is -0.508. The molecule has 1 aliphatic heterocycles. The normalized spacial score (nSPS) is 28.3. The molecule has 0 aliphatic carbocycles. The summed E-state index contributed by atoms with van der Waals surface area (Å²) in [5.74, 6) is 0. The van der Waals surface area contributed by atoms with Gasteiger partial charge in [0.1, 0.15) is 5.60 Å². The summed E-state index contributed by atoms with van der Waals surface area (Å²) in [6, 6.07) is 0. The highest BCUT2D eigenvalue weighted by Gasteiger charge is 2.51. The summed E-state index contributed by atoms with van der Waals surface area (Å²) in [6.07, 6.45) is 1.34. The van der Waals surface area contributed by atoms with Crippen molar-refractivity contribution in [2.75, 3.05) is 6.61 Å². The van der Waals surface area contributed by atoms with Gasteiger partial charge in [0.25, 0.3) is 0 Å². The van der Waals surface area contributed by atoms with Crippen molar-refractivity contribution in [3.05, 3.63) is 0 Å². The number of amides is 1. The second-order valence-electron chi connectivity index (χ2n) is 6.78. The first kappa shape index (κ1) is 14.3. The predicted octanol–water partition coefficient (Wildman–Crippen LogP) is 2.55. The molecule has 0 aromatic carbocycles. The van der Waals surface area contributed by atoms with Gasteiger partial charge in [0.2, 0.25) is 0 Å². The summed E-state index contributed by atoms with van der Waals surface area (Å²) in [5, 5.41) is 9.53. The molecule has 1 N–H and O–H groups in total. The van der Waals surface area contributed by atoms with E-state index >= 15 is 0 Å². The molecular weight excluding hydrogens is 218 g/mol. The van der Waals surface area contributed by atoms with Crippen LogP contribution in [0.2, 0.25) is 0 Å². The summed E-state index contributed by atoms with van der Waals surface area (Å²) in [7, 11) is 0. The summed E-state index contributed by atoms with van der Waals surface area (Å²) in [5.41, 5.74) is -1.28. The van der Waals surface area contributed by atoms with Crippen molar-refractivity contribution in [3.63, 3.8) is 0 Å². The van der Waals surface area contributed by atoms with Crippen molar-refractivity contribution in [2.24, 2.45) is 0 Å². The Labute approximate surface area is 104 Å². The highest BCUT2D eigenvalue weighted by atomic mass is 16.6. The lowest BCUT2D eigenvalue weighted by Gasteiger charge is -2.41. The van der Waals surface area contributed by atoms with Gasteiger partial charge in [-0.2, -0.15) is 0 Å². The van der Waals surface area contributed by atoms with E-state index in [0.717, 1.165) is 12.8 Å². The lowest BCUT2D eigenvalue weighted by Crippen LogP contribution is -2.56. The fourth-order valence-electron chi connectivity index (χ4n) is 2.45. The van der Waals surface area contributed by atoms with Crippen LogP contribution in [0.3, 0.4) is 0 Å². The van der Waals surface area contributed by atoms with E-state index in [9.17, 15) is 9.90 Å². The maximum Gasteiger partial charge on any atom is 0.411 e.